The number of aromatic nitrogens is 1. The van der Waals surface area contributed by atoms with Crippen LogP contribution in [0.2, 0.25) is 0 Å². The van der Waals surface area contributed by atoms with Crippen LogP contribution in [0.25, 0.3) is 10.9 Å². The van der Waals surface area contributed by atoms with Gasteiger partial charge in [0, 0.05) is 18.1 Å². The molecule has 2 aromatic rings. The van der Waals surface area contributed by atoms with Crippen molar-refractivity contribution in [2.45, 2.75) is 13.0 Å². The summed E-state index contributed by atoms with van der Waals surface area (Å²) in [7, 11) is 0. The number of pyridine rings is 1. The minimum absolute atomic E-state index is 0.0409. The summed E-state index contributed by atoms with van der Waals surface area (Å²) in [5.74, 6) is 0.841. The van der Waals surface area contributed by atoms with Gasteiger partial charge in [-0.15, -0.1) is 0 Å². The molecule has 0 saturated carbocycles. The molecule has 2 rings (SSSR count). The number of rotatable bonds is 3. The van der Waals surface area contributed by atoms with Crippen molar-refractivity contribution < 1.29 is 4.74 Å². The van der Waals surface area contributed by atoms with Gasteiger partial charge in [-0.2, -0.15) is 0 Å². The standard InChI is InChI=1S/C12H14N2O/c1-9(8-13)15-11-4-5-12-10(7-11)3-2-6-14-12/h2-7,9H,8,13H2,1H3/t9-/m0/s1. The zero-order chi connectivity index (χ0) is 10.7. The molecule has 1 aromatic carbocycles. The molecule has 0 saturated heterocycles. The van der Waals surface area contributed by atoms with Gasteiger partial charge < -0.3 is 10.5 Å². The third-order valence-corrected chi connectivity index (χ3v) is 2.24. The van der Waals surface area contributed by atoms with Crippen molar-refractivity contribution in [3.8, 4) is 5.75 Å². The van der Waals surface area contributed by atoms with E-state index in [1.807, 2.05) is 37.3 Å². The third kappa shape index (κ3) is 2.25. The second-order valence-electron chi connectivity index (χ2n) is 3.52. The molecule has 0 amide bonds. The van der Waals surface area contributed by atoms with E-state index in [2.05, 4.69) is 4.98 Å². The quantitative estimate of drug-likeness (QED) is 0.827. The summed E-state index contributed by atoms with van der Waals surface area (Å²) in [6.07, 6.45) is 1.82. The number of benzene rings is 1. The molecule has 3 heteroatoms. The number of ether oxygens (including phenoxy) is 1. The lowest BCUT2D eigenvalue weighted by Crippen LogP contribution is -2.22. The Morgan fingerprint density at radius 1 is 1.40 bits per heavy atom. The van der Waals surface area contributed by atoms with Crippen LogP contribution in [0.5, 0.6) is 5.75 Å². The number of hydrogen-bond donors (Lipinski definition) is 1. The first-order chi connectivity index (χ1) is 7.29. The minimum Gasteiger partial charge on any atom is -0.489 e. The molecule has 1 atom stereocenters. The van der Waals surface area contributed by atoms with Crippen LogP contribution in [0.4, 0.5) is 0 Å². The van der Waals surface area contributed by atoms with E-state index in [-0.39, 0.29) is 6.10 Å². The fourth-order valence-corrected chi connectivity index (χ4v) is 1.41. The number of nitrogens with zero attached hydrogens (tertiary/aromatic N) is 1. The molecule has 0 unspecified atom stereocenters. The smallest absolute Gasteiger partial charge is 0.120 e. The minimum atomic E-state index is 0.0409. The first kappa shape index (κ1) is 9.93. The summed E-state index contributed by atoms with van der Waals surface area (Å²) in [5.41, 5.74) is 6.47. The van der Waals surface area contributed by atoms with Gasteiger partial charge in [-0.25, -0.2) is 0 Å². The van der Waals surface area contributed by atoms with Gasteiger partial charge in [0.15, 0.2) is 0 Å². The Labute approximate surface area is 88.9 Å². The summed E-state index contributed by atoms with van der Waals surface area (Å²) in [4.78, 5) is 4.24. The largest absolute Gasteiger partial charge is 0.489 e. The van der Waals surface area contributed by atoms with Crippen molar-refractivity contribution in [3.05, 3.63) is 36.5 Å². The number of hydrogen-bond acceptors (Lipinski definition) is 3. The van der Waals surface area contributed by atoms with Gasteiger partial charge in [0.1, 0.15) is 11.9 Å². The van der Waals surface area contributed by atoms with Gasteiger partial charge in [0.25, 0.3) is 0 Å². The SMILES string of the molecule is C[C@@H](CN)Oc1ccc2ncccc2c1. The van der Waals surface area contributed by atoms with E-state index in [0.717, 1.165) is 16.7 Å². The summed E-state index contributed by atoms with van der Waals surface area (Å²) in [6.45, 7) is 2.47. The van der Waals surface area contributed by atoms with Crippen LogP contribution in [-0.2, 0) is 0 Å². The van der Waals surface area contributed by atoms with Crippen LogP contribution >= 0.6 is 0 Å². The van der Waals surface area contributed by atoms with Crippen LogP contribution in [-0.4, -0.2) is 17.6 Å². The van der Waals surface area contributed by atoms with Crippen molar-refractivity contribution in [1.82, 2.24) is 4.98 Å². The molecule has 1 aromatic heterocycles. The topological polar surface area (TPSA) is 48.1 Å². The first-order valence-electron chi connectivity index (χ1n) is 5.01. The van der Waals surface area contributed by atoms with Gasteiger partial charge in [-0.05, 0) is 31.2 Å². The molecule has 0 aliphatic carbocycles. The normalized spacial score (nSPS) is 12.7. The second kappa shape index (κ2) is 4.28. The van der Waals surface area contributed by atoms with Crippen molar-refractivity contribution in [1.29, 1.82) is 0 Å². The molecule has 2 N–H and O–H groups in total. The monoisotopic (exact) mass is 202 g/mol. The van der Waals surface area contributed by atoms with Gasteiger partial charge in [0.2, 0.25) is 0 Å². The van der Waals surface area contributed by atoms with Crippen molar-refractivity contribution in [2.75, 3.05) is 6.54 Å². The molecule has 0 fully saturated rings. The van der Waals surface area contributed by atoms with Gasteiger partial charge >= 0.3 is 0 Å². The molecular formula is C12H14N2O. The maximum atomic E-state index is 5.62. The van der Waals surface area contributed by atoms with Gasteiger partial charge in [-0.3, -0.25) is 4.98 Å². The molecule has 0 aliphatic heterocycles. The van der Waals surface area contributed by atoms with Crippen molar-refractivity contribution in [3.63, 3.8) is 0 Å². The molecule has 0 bridgehead atoms. The Morgan fingerprint density at radius 2 is 2.27 bits per heavy atom. The molecule has 0 aliphatic rings. The van der Waals surface area contributed by atoms with Crippen LogP contribution in [0.3, 0.4) is 0 Å². The van der Waals surface area contributed by atoms with Crippen LogP contribution in [0.1, 0.15) is 6.92 Å². The average molecular weight is 202 g/mol. The Morgan fingerprint density at radius 3 is 3.07 bits per heavy atom. The Hall–Kier alpha value is -1.61. The Kier molecular flexibility index (Phi) is 2.83. The summed E-state index contributed by atoms with van der Waals surface area (Å²) < 4.78 is 5.62. The first-order valence-corrected chi connectivity index (χ1v) is 5.01. The predicted octanol–water partition coefficient (Wildman–Crippen LogP) is 1.96. The lowest BCUT2D eigenvalue weighted by Gasteiger charge is -2.12. The molecule has 1 heterocycles. The van der Waals surface area contributed by atoms with E-state index in [9.17, 15) is 0 Å². The Bertz CT molecular complexity index is 456. The third-order valence-electron chi connectivity index (χ3n) is 2.24. The maximum absolute atomic E-state index is 5.62. The van der Waals surface area contributed by atoms with Crippen molar-refractivity contribution >= 4 is 10.9 Å². The average Bonchev–Trinajstić information content (AvgIpc) is 2.29. The highest BCUT2D eigenvalue weighted by molar-refractivity contribution is 5.79. The van der Waals surface area contributed by atoms with E-state index < -0.39 is 0 Å². The molecule has 0 spiro atoms. The van der Waals surface area contributed by atoms with Crippen molar-refractivity contribution in [2.24, 2.45) is 5.73 Å². The van der Waals surface area contributed by atoms with Gasteiger partial charge in [-0.1, -0.05) is 6.07 Å². The van der Waals surface area contributed by atoms with E-state index in [1.54, 1.807) is 6.20 Å². The molecule has 78 valence electrons. The highest BCUT2D eigenvalue weighted by Gasteiger charge is 2.02. The number of fused-ring (bicyclic) bond motifs is 1. The summed E-state index contributed by atoms with van der Waals surface area (Å²) in [5, 5.41) is 1.08. The summed E-state index contributed by atoms with van der Waals surface area (Å²) in [6, 6.07) is 9.78. The van der Waals surface area contributed by atoms with E-state index in [4.69, 9.17) is 10.5 Å². The highest BCUT2D eigenvalue weighted by atomic mass is 16.5. The Balaban J connectivity index is 2.30. The second-order valence-corrected chi connectivity index (χ2v) is 3.52. The zero-order valence-electron chi connectivity index (χ0n) is 8.68. The molecular weight excluding hydrogens is 188 g/mol. The van der Waals surface area contributed by atoms with E-state index in [1.165, 1.54) is 0 Å². The lowest BCUT2D eigenvalue weighted by atomic mass is 10.2. The fraction of sp³-hybridized carbons (Fsp3) is 0.250. The fourth-order valence-electron chi connectivity index (χ4n) is 1.41. The van der Waals surface area contributed by atoms with E-state index in [0.29, 0.717) is 6.54 Å². The van der Waals surface area contributed by atoms with Gasteiger partial charge in [0.05, 0.1) is 5.52 Å². The van der Waals surface area contributed by atoms with E-state index >= 15 is 0 Å². The maximum Gasteiger partial charge on any atom is 0.120 e. The molecule has 0 radical (unpaired) electrons. The van der Waals surface area contributed by atoms with Crippen LogP contribution in [0, 0.1) is 0 Å². The zero-order valence-corrected chi connectivity index (χ0v) is 8.68. The number of nitrogens with two attached hydrogens (primary N) is 1. The summed E-state index contributed by atoms with van der Waals surface area (Å²) >= 11 is 0. The van der Waals surface area contributed by atoms with Crippen LogP contribution < -0.4 is 10.5 Å². The molecule has 3 nitrogen and oxygen atoms in total. The highest BCUT2D eigenvalue weighted by Crippen LogP contribution is 2.19. The predicted molar refractivity (Wildman–Crippen MR) is 60.9 cm³/mol. The lowest BCUT2D eigenvalue weighted by molar-refractivity contribution is 0.230. The van der Waals surface area contributed by atoms with Crippen LogP contribution in [0.15, 0.2) is 36.5 Å². The molecule has 15 heavy (non-hydrogen) atoms.